The molecule has 0 radical (unpaired) electrons. The van der Waals surface area contributed by atoms with Crippen molar-refractivity contribution in [3.05, 3.63) is 29.8 Å². The van der Waals surface area contributed by atoms with E-state index in [0.29, 0.717) is 0 Å². The minimum Gasteiger partial charge on any atom is -0.372 e. The Morgan fingerprint density at radius 1 is 1.20 bits per heavy atom. The molecular weight excluding hydrogens is 250 g/mol. The van der Waals surface area contributed by atoms with Gasteiger partial charge in [-0.3, -0.25) is 0 Å². The van der Waals surface area contributed by atoms with Crippen molar-refractivity contribution in [2.24, 2.45) is 5.92 Å². The number of rotatable bonds is 2. The highest BCUT2D eigenvalue weighted by Crippen LogP contribution is 2.23. The van der Waals surface area contributed by atoms with Gasteiger partial charge in [0.2, 0.25) is 0 Å². The lowest BCUT2D eigenvalue weighted by molar-refractivity contribution is 0.438. The first-order valence-electron chi connectivity index (χ1n) is 5.69. The van der Waals surface area contributed by atoms with E-state index >= 15 is 0 Å². The Bertz CT molecular complexity index is 299. The van der Waals surface area contributed by atoms with Crippen molar-refractivity contribution in [2.75, 3.05) is 18.0 Å². The molecule has 1 aromatic carbocycles. The van der Waals surface area contributed by atoms with Gasteiger partial charge in [-0.2, -0.15) is 0 Å². The van der Waals surface area contributed by atoms with Crippen LogP contribution in [-0.2, 0) is 5.33 Å². The third kappa shape index (κ3) is 2.75. The van der Waals surface area contributed by atoms with Crippen LogP contribution in [0.3, 0.4) is 0 Å². The quantitative estimate of drug-likeness (QED) is 0.737. The van der Waals surface area contributed by atoms with Gasteiger partial charge in [-0.15, -0.1) is 0 Å². The van der Waals surface area contributed by atoms with Crippen molar-refractivity contribution in [1.82, 2.24) is 0 Å². The number of alkyl halides is 1. The minimum absolute atomic E-state index is 0.906. The summed E-state index contributed by atoms with van der Waals surface area (Å²) in [6.45, 7) is 4.79. The van der Waals surface area contributed by atoms with Crippen LogP contribution in [0.5, 0.6) is 0 Å². The largest absolute Gasteiger partial charge is 0.372 e. The van der Waals surface area contributed by atoms with Crippen LogP contribution in [0.4, 0.5) is 5.69 Å². The maximum atomic E-state index is 3.47. The van der Waals surface area contributed by atoms with E-state index in [-0.39, 0.29) is 0 Å². The molecule has 1 aliphatic heterocycles. The highest BCUT2D eigenvalue weighted by molar-refractivity contribution is 9.08. The van der Waals surface area contributed by atoms with Crippen LogP contribution in [0.25, 0.3) is 0 Å². The van der Waals surface area contributed by atoms with Crippen molar-refractivity contribution in [3.63, 3.8) is 0 Å². The Kier molecular flexibility index (Phi) is 3.68. The Labute approximate surface area is 101 Å². The highest BCUT2D eigenvalue weighted by atomic mass is 79.9. The zero-order valence-electron chi connectivity index (χ0n) is 9.25. The number of hydrogen-bond acceptors (Lipinski definition) is 1. The van der Waals surface area contributed by atoms with Crippen molar-refractivity contribution in [1.29, 1.82) is 0 Å². The Balaban J connectivity index is 2.03. The lowest BCUT2D eigenvalue weighted by Gasteiger charge is -2.32. The fourth-order valence-electron chi connectivity index (χ4n) is 2.06. The number of nitrogens with zero attached hydrogens (tertiary/aromatic N) is 1. The molecular formula is C13H18BrN. The zero-order chi connectivity index (χ0) is 10.7. The third-order valence-electron chi connectivity index (χ3n) is 3.24. The second-order valence-electron chi connectivity index (χ2n) is 4.47. The normalized spacial score (nSPS) is 18.1. The predicted molar refractivity (Wildman–Crippen MR) is 69.7 cm³/mol. The Morgan fingerprint density at radius 2 is 1.80 bits per heavy atom. The van der Waals surface area contributed by atoms with Crippen LogP contribution in [0, 0.1) is 5.92 Å². The molecule has 2 heteroatoms. The van der Waals surface area contributed by atoms with Gasteiger partial charge in [-0.25, -0.2) is 0 Å². The standard InChI is InChI=1S/C13H18BrN/c1-11-6-8-15(9-7-11)13-4-2-12(10-14)3-5-13/h2-5,11H,6-10H2,1H3. The van der Waals surface area contributed by atoms with E-state index in [4.69, 9.17) is 0 Å². The first-order valence-corrected chi connectivity index (χ1v) is 6.81. The summed E-state index contributed by atoms with van der Waals surface area (Å²) in [6.07, 6.45) is 2.67. The predicted octanol–water partition coefficient (Wildman–Crippen LogP) is 3.82. The van der Waals surface area contributed by atoms with Crippen LogP contribution in [0.2, 0.25) is 0 Å². The topological polar surface area (TPSA) is 3.24 Å². The van der Waals surface area contributed by atoms with Crippen molar-refractivity contribution >= 4 is 21.6 Å². The number of benzene rings is 1. The molecule has 1 aliphatic rings. The van der Waals surface area contributed by atoms with Crippen LogP contribution < -0.4 is 4.90 Å². The summed E-state index contributed by atoms with van der Waals surface area (Å²) >= 11 is 3.47. The highest BCUT2D eigenvalue weighted by Gasteiger charge is 2.15. The summed E-state index contributed by atoms with van der Waals surface area (Å²) in [5.41, 5.74) is 2.73. The second-order valence-corrected chi connectivity index (χ2v) is 5.03. The summed E-state index contributed by atoms with van der Waals surface area (Å²) < 4.78 is 0. The van der Waals surface area contributed by atoms with E-state index < -0.39 is 0 Å². The van der Waals surface area contributed by atoms with Crippen LogP contribution in [0.1, 0.15) is 25.3 Å². The monoisotopic (exact) mass is 267 g/mol. The number of halogens is 1. The zero-order valence-corrected chi connectivity index (χ0v) is 10.8. The Morgan fingerprint density at radius 3 is 2.33 bits per heavy atom. The summed E-state index contributed by atoms with van der Waals surface area (Å²) in [6, 6.07) is 8.91. The lowest BCUT2D eigenvalue weighted by Crippen LogP contribution is -2.32. The molecule has 0 bridgehead atoms. The fraction of sp³-hybridized carbons (Fsp3) is 0.538. The van der Waals surface area contributed by atoms with E-state index in [1.807, 2.05) is 0 Å². The molecule has 82 valence electrons. The molecule has 15 heavy (non-hydrogen) atoms. The third-order valence-corrected chi connectivity index (χ3v) is 3.89. The van der Waals surface area contributed by atoms with Gasteiger partial charge in [0, 0.05) is 24.1 Å². The van der Waals surface area contributed by atoms with Crippen molar-refractivity contribution in [2.45, 2.75) is 25.1 Å². The summed E-state index contributed by atoms with van der Waals surface area (Å²) in [4.78, 5) is 2.50. The van der Waals surface area contributed by atoms with E-state index in [1.165, 1.54) is 37.2 Å². The molecule has 0 atom stereocenters. The molecule has 0 aromatic heterocycles. The fourth-order valence-corrected chi connectivity index (χ4v) is 2.44. The maximum Gasteiger partial charge on any atom is 0.0366 e. The molecule has 0 N–H and O–H groups in total. The molecule has 0 aliphatic carbocycles. The van der Waals surface area contributed by atoms with Gasteiger partial charge in [0.25, 0.3) is 0 Å². The van der Waals surface area contributed by atoms with Crippen LogP contribution in [0.15, 0.2) is 24.3 Å². The molecule has 1 nitrogen and oxygen atoms in total. The van der Waals surface area contributed by atoms with Gasteiger partial charge in [-0.05, 0) is 36.5 Å². The Hall–Kier alpha value is -0.500. The SMILES string of the molecule is CC1CCN(c2ccc(CBr)cc2)CC1. The van der Waals surface area contributed by atoms with Gasteiger partial charge in [0.1, 0.15) is 0 Å². The molecule has 1 heterocycles. The first kappa shape index (κ1) is 11.0. The van der Waals surface area contributed by atoms with Crippen LogP contribution in [-0.4, -0.2) is 13.1 Å². The summed E-state index contributed by atoms with van der Waals surface area (Å²) in [5, 5.41) is 0.949. The van der Waals surface area contributed by atoms with Gasteiger partial charge >= 0.3 is 0 Å². The van der Waals surface area contributed by atoms with E-state index in [1.54, 1.807) is 0 Å². The van der Waals surface area contributed by atoms with Crippen molar-refractivity contribution < 1.29 is 0 Å². The summed E-state index contributed by atoms with van der Waals surface area (Å²) in [5.74, 6) is 0.906. The van der Waals surface area contributed by atoms with E-state index in [9.17, 15) is 0 Å². The molecule has 1 aromatic rings. The van der Waals surface area contributed by atoms with Gasteiger partial charge in [0.15, 0.2) is 0 Å². The molecule has 1 fully saturated rings. The molecule has 0 amide bonds. The molecule has 1 saturated heterocycles. The summed E-state index contributed by atoms with van der Waals surface area (Å²) in [7, 11) is 0. The number of anilines is 1. The minimum atomic E-state index is 0.906. The van der Waals surface area contributed by atoms with E-state index in [0.717, 1.165) is 11.2 Å². The van der Waals surface area contributed by atoms with Gasteiger partial charge in [-0.1, -0.05) is 35.0 Å². The average molecular weight is 268 g/mol. The molecule has 2 rings (SSSR count). The van der Waals surface area contributed by atoms with E-state index in [2.05, 4.69) is 52.0 Å². The lowest BCUT2D eigenvalue weighted by atomic mass is 9.99. The van der Waals surface area contributed by atoms with Gasteiger partial charge < -0.3 is 4.90 Å². The second kappa shape index (κ2) is 5.02. The maximum absolute atomic E-state index is 3.47. The molecule has 0 spiro atoms. The molecule has 0 saturated carbocycles. The number of piperidine rings is 1. The van der Waals surface area contributed by atoms with Crippen LogP contribution >= 0.6 is 15.9 Å². The number of hydrogen-bond donors (Lipinski definition) is 0. The molecule has 0 unspecified atom stereocenters. The van der Waals surface area contributed by atoms with Gasteiger partial charge in [0.05, 0.1) is 0 Å². The van der Waals surface area contributed by atoms with Crippen molar-refractivity contribution in [3.8, 4) is 0 Å². The smallest absolute Gasteiger partial charge is 0.0366 e. The average Bonchev–Trinajstić information content (AvgIpc) is 2.30. The first-order chi connectivity index (χ1) is 7.29.